The van der Waals surface area contributed by atoms with Crippen LogP contribution in [0.1, 0.15) is 23.5 Å². The van der Waals surface area contributed by atoms with Crippen LogP contribution in [0.3, 0.4) is 0 Å². The maximum Gasteiger partial charge on any atom is 0.274 e. The molecule has 0 radical (unpaired) electrons. The van der Waals surface area contributed by atoms with Crippen molar-refractivity contribution in [3.8, 4) is 11.4 Å². The lowest BCUT2D eigenvalue weighted by molar-refractivity contribution is 0.413. The van der Waals surface area contributed by atoms with Crippen LogP contribution in [0.25, 0.3) is 5.69 Å². The fourth-order valence-electron chi connectivity index (χ4n) is 3.31. The molecule has 1 aromatic carbocycles. The number of rotatable bonds is 6. The predicted molar refractivity (Wildman–Crippen MR) is 127 cm³/mol. The van der Waals surface area contributed by atoms with E-state index in [1.165, 1.54) is 11.3 Å². The van der Waals surface area contributed by atoms with Crippen LogP contribution >= 0.6 is 34.5 Å². The maximum atomic E-state index is 13.2. The topological polar surface area (TPSA) is 61.1 Å². The van der Waals surface area contributed by atoms with E-state index in [4.69, 9.17) is 27.9 Å². The zero-order chi connectivity index (χ0) is 22.1. The minimum Gasteiger partial charge on any atom is -0.494 e. The number of imidazole rings is 1. The van der Waals surface area contributed by atoms with E-state index in [-0.39, 0.29) is 11.6 Å². The van der Waals surface area contributed by atoms with E-state index in [1.807, 2.05) is 54.9 Å². The molecule has 9 heteroatoms. The van der Waals surface area contributed by atoms with Crippen molar-refractivity contribution >= 4 is 45.9 Å². The molecule has 0 unspecified atom stereocenters. The molecule has 1 N–H and O–H groups in total. The van der Waals surface area contributed by atoms with E-state index >= 15 is 0 Å². The average Bonchev–Trinajstić information content (AvgIpc) is 3.38. The van der Waals surface area contributed by atoms with Crippen LogP contribution in [-0.2, 0) is 0 Å². The molecule has 3 heterocycles. The van der Waals surface area contributed by atoms with E-state index in [9.17, 15) is 4.79 Å². The molecule has 0 amide bonds. The summed E-state index contributed by atoms with van der Waals surface area (Å²) in [5, 5.41) is 3.63. The lowest BCUT2D eigenvalue weighted by atomic mass is 10.2. The third-order valence-corrected chi connectivity index (χ3v) is 6.49. The molecule has 3 aromatic heterocycles. The number of pyridine rings is 1. The van der Waals surface area contributed by atoms with Crippen molar-refractivity contribution in [2.75, 3.05) is 12.4 Å². The number of halogens is 2. The van der Waals surface area contributed by atoms with Gasteiger partial charge in [0, 0.05) is 29.0 Å². The maximum absolute atomic E-state index is 13.2. The van der Waals surface area contributed by atoms with Gasteiger partial charge in [-0.05, 0) is 44.2 Å². The summed E-state index contributed by atoms with van der Waals surface area (Å²) in [7, 11) is 1.60. The Bertz CT molecular complexity index is 1290. The van der Waals surface area contributed by atoms with Gasteiger partial charge in [0.15, 0.2) is 0 Å². The summed E-state index contributed by atoms with van der Waals surface area (Å²) < 4.78 is 9.72. The largest absolute Gasteiger partial charge is 0.494 e. The van der Waals surface area contributed by atoms with E-state index in [2.05, 4.69) is 10.3 Å². The minimum atomic E-state index is -0.203. The zero-order valence-corrected chi connectivity index (χ0v) is 19.4. The number of ether oxygens (including phenoxy) is 1. The SMILES string of the molecule is COc1cc(Nc2cc(Cl)cn([C@@H](C)c3ccc(Cl)s3)c2=O)ccc1-n1cnc(C)c1. The number of aromatic nitrogens is 3. The molecule has 0 bridgehead atoms. The standard InChI is InChI=1S/C22H20Cl2N4O2S/c1-13-10-27(12-25-13)18-5-4-16(9-19(18)30-3)26-17-8-15(23)11-28(22(17)29)14(2)20-6-7-21(24)31-20/h4-12,14,26H,1-3H3/t14-/m0/s1. The van der Waals surface area contributed by atoms with Crippen molar-refractivity contribution in [2.45, 2.75) is 19.9 Å². The first kappa shape index (κ1) is 21.5. The molecule has 4 aromatic rings. The summed E-state index contributed by atoms with van der Waals surface area (Å²) in [6.45, 7) is 3.86. The van der Waals surface area contributed by atoms with Gasteiger partial charge in [-0.3, -0.25) is 4.79 Å². The highest BCUT2D eigenvalue weighted by atomic mass is 35.5. The number of hydrogen-bond donors (Lipinski definition) is 1. The highest BCUT2D eigenvalue weighted by molar-refractivity contribution is 7.16. The molecule has 0 aliphatic carbocycles. The fourth-order valence-corrected chi connectivity index (χ4v) is 4.64. The second kappa shape index (κ2) is 8.78. The van der Waals surface area contributed by atoms with E-state index in [0.29, 0.717) is 26.5 Å². The number of nitrogens with one attached hydrogen (secondary N) is 1. The van der Waals surface area contributed by atoms with Crippen molar-refractivity contribution in [2.24, 2.45) is 0 Å². The number of hydrogen-bond acceptors (Lipinski definition) is 5. The quantitative estimate of drug-likeness (QED) is 0.368. The van der Waals surface area contributed by atoms with Crippen molar-refractivity contribution in [1.29, 1.82) is 0 Å². The molecule has 0 fully saturated rings. The van der Waals surface area contributed by atoms with Gasteiger partial charge in [0.05, 0.1) is 40.2 Å². The second-order valence-corrected chi connectivity index (χ2v) is 9.22. The molecule has 0 aliphatic rings. The Morgan fingerprint density at radius 2 is 1.97 bits per heavy atom. The van der Waals surface area contributed by atoms with Gasteiger partial charge >= 0.3 is 0 Å². The molecule has 0 spiro atoms. The normalized spacial score (nSPS) is 12.0. The lowest BCUT2D eigenvalue weighted by Gasteiger charge is -2.17. The molecule has 1 atom stereocenters. The number of benzene rings is 1. The van der Waals surface area contributed by atoms with Gasteiger partial charge in [-0.15, -0.1) is 11.3 Å². The number of aryl methyl sites for hydroxylation is 1. The third kappa shape index (κ3) is 4.49. The second-order valence-electron chi connectivity index (χ2n) is 7.04. The first-order valence-corrected chi connectivity index (χ1v) is 11.1. The Kier molecular flexibility index (Phi) is 6.09. The first-order valence-electron chi connectivity index (χ1n) is 9.48. The van der Waals surface area contributed by atoms with Gasteiger partial charge in [-0.2, -0.15) is 0 Å². The monoisotopic (exact) mass is 474 g/mol. The highest BCUT2D eigenvalue weighted by Crippen LogP contribution is 2.31. The van der Waals surface area contributed by atoms with Gasteiger partial charge in [0.2, 0.25) is 0 Å². The molecular weight excluding hydrogens is 455 g/mol. The van der Waals surface area contributed by atoms with Crippen LogP contribution in [0, 0.1) is 6.92 Å². The Morgan fingerprint density at radius 3 is 2.61 bits per heavy atom. The molecule has 31 heavy (non-hydrogen) atoms. The van der Waals surface area contributed by atoms with Crippen LogP contribution in [-0.4, -0.2) is 21.2 Å². The number of nitrogens with zero attached hydrogens (tertiary/aromatic N) is 3. The Labute approximate surface area is 193 Å². The summed E-state index contributed by atoms with van der Waals surface area (Å²) in [6.07, 6.45) is 5.28. The van der Waals surface area contributed by atoms with E-state index < -0.39 is 0 Å². The van der Waals surface area contributed by atoms with Crippen LogP contribution in [0.2, 0.25) is 9.36 Å². The molecule has 4 rings (SSSR count). The summed E-state index contributed by atoms with van der Waals surface area (Å²) in [6, 6.07) is 10.8. The Morgan fingerprint density at radius 1 is 1.16 bits per heavy atom. The van der Waals surface area contributed by atoms with Gasteiger partial charge < -0.3 is 19.2 Å². The van der Waals surface area contributed by atoms with Crippen LogP contribution in [0.15, 0.2) is 59.9 Å². The molecule has 160 valence electrons. The number of methoxy groups -OCH3 is 1. The van der Waals surface area contributed by atoms with Gasteiger partial charge in [-0.25, -0.2) is 4.98 Å². The average molecular weight is 475 g/mol. The van der Waals surface area contributed by atoms with Gasteiger partial charge in [0.1, 0.15) is 11.4 Å². The lowest BCUT2D eigenvalue weighted by Crippen LogP contribution is -2.25. The number of thiophene rings is 1. The van der Waals surface area contributed by atoms with Gasteiger partial charge in [-0.1, -0.05) is 23.2 Å². The summed E-state index contributed by atoms with van der Waals surface area (Å²) >= 11 is 13.8. The number of anilines is 2. The van der Waals surface area contributed by atoms with Crippen molar-refractivity contribution in [3.63, 3.8) is 0 Å². The molecule has 0 aliphatic heterocycles. The fraction of sp³-hybridized carbons (Fsp3) is 0.182. The van der Waals surface area contributed by atoms with Crippen LogP contribution in [0.5, 0.6) is 5.75 Å². The smallest absolute Gasteiger partial charge is 0.274 e. The van der Waals surface area contributed by atoms with Crippen LogP contribution in [0.4, 0.5) is 11.4 Å². The first-order chi connectivity index (χ1) is 14.9. The predicted octanol–water partition coefficient (Wildman–Crippen LogP) is 6.07. The Balaban J connectivity index is 1.68. The molecule has 0 saturated heterocycles. The van der Waals surface area contributed by atoms with Gasteiger partial charge in [0.25, 0.3) is 5.56 Å². The van der Waals surface area contributed by atoms with E-state index in [1.54, 1.807) is 30.3 Å². The minimum absolute atomic E-state index is 0.185. The molecule has 6 nitrogen and oxygen atoms in total. The van der Waals surface area contributed by atoms with Crippen molar-refractivity contribution < 1.29 is 4.74 Å². The van der Waals surface area contributed by atoms with Crippen molar-refractivity contribution in [3.05, 3.63) is 85.4 Å². The molecule has 0 saturated carbocycles. The Hall–Kier alpha value is -2.74. The zero-order valence-electron chi connectivity index (χ0n) is 17.1. The molecular formula is C22H20Cl2N4O2S. The third-order valence-electron chi connectivity index (χ3n) is 4.88. The summed E-state index contributed by atoms with van der Waals surface area (Å²) in [5.41, 5.74) is 2.64. The van der Waals surface area contributed by atoms with Crippen molar-refractivity contribution in [1.82, 2.24) is 14.1 Å². The highest BCUT2D eigenvalue weighted by Gasteiger charge is 2.16. The van der Waals surface area contributed by atoms with Crippen LogP contribution < -0.4 is 15.6 Å². The summed E-state index contributed by atoms with van der Waals surface area (Å²) in [4.78, 5) is 18.4. The van der Waals surface area contributed by atoms with E-state index in [0.717, 1.165) is 16.3 Å². The summed E-state index contributed by atoms with van der Waals surface area (Å²) in [5.74, 6) is 0.645.